The van der Waals surface area contributed by atoms with Crippen molar-refractivity contribution in [1.82, 2.24) is 5.32 Å². The van der Waals surface area contributed by atoms with Gasteiger partial charge in [-0.3, -0.25) is 4.79 Å². The molecule has 9 nitrogen and oxygen atoms in total. The third-order valence-corrected chi connectivity index (χ3v) is 17.5. The molecule has 6 N–H and O–H groups in total. The highest BCUT2D eigenvalue weighted by molar-refractivity contribution is 5.76. The maximum absolute atomic E-state index is 13.1. The van der Waals surface area contributed by atoms with Crippen molar-refractivity contribution in [2.24, 2.45) is 0 Å². The summed E-state index contributed by atoms with van der Waals surface area (Å²) in [5.74, 6) is -0.182. The number of carbonyl (C=O) groups is 1. The maximum Gasteiger partial charge on any atom is 0.220 e. The first kappa shape index (κ1) is 81.6. The van der Waals surface area contributed by atoms with Crippen molar-refractivity contribution in [3.8, 4) is 0 Å². The summed E-state index contributed by atoms with van der Waals surface area (Å²) in [7, 11) is 0. The lowest BCUT2D eigenvalue weighted by Crippen LogP contribution is -2.60. The smallest absolute Gasteiger partial charge is 0.220 e. The third-order valence-electron chi connectivity index (χ3n) is 17.5. The lowest BCUT2D eigenvalue weighted by atomic mass is 9.99. The summed E-state index contributed by atoms with van der Waals surface area (Å²) in [6.45, 7) is 3.70. The zero-order valence-electron chi connectivity index (χ0n) is 56.3. The third kappa shape index (κ3) is 53.5. The molecule has 502 valence electrons. The van der Waals surface area contributed by atoms with Crippen LogP contribution in [0.15, 0.2) is 72.9 Å². The van der Waals surface area contributed by atoms with Crippen LogP contribution in [0.4, 0.5) is 0 Å². The molecule has 1 rings (SSSR count). The summed E-state index contributed by atoms with van der Waals surface area (Å²) >= 11 is 0. The minimum Gasteiger partial charge on any atom is -0.394 e. The van der Waals surface area contributed by atoms with E-state index >= 15 is 0 Å². The van der Waals surface area contributed by atoms with Crippen molar-refractivity contribution < 1.29 is 39.8 Å². The molecule has 1 heterocycles. The van der Waals surface area contributed by atoms with Crippen LogP contribution in [-0.4, -0.2) is 87.5 Å². The number of aliphatic hydroxyl groups is 5. The molecule has 0 bridgehead atoms. The average molecular weight is 1210 g/mol. The minimum absolute atomic E-state index is 0.182. The Hall–Kier alpha value is -2.37. The number of carbonyl (C=O) groups excluding carboxylic acids is 1. The molecular weight excluding hydrogens is 1070 g/mol. The van der Waals surface area contributed by atoms with Gasteiger partial charge in [0.2, 0.25) is 5.91 Å². The molecule has 1 amide bonds. The fourth-order valence-electron chi connectivity index (χ4n) is 11.8. The number of amides is 1. The van der Waals surface area contributed by atoms with Crippen molar-refractivity contribution in [1.29, 1.82) is 0 Å². The van der Waals surface area contributed by atoms with E-state index in [-0.39, 0.29) is 12.5 Å². The average Bonchev–Trinajstić information content (AvgIpc) is 3.59. The SMILES string of the molecule is CC/C=C\C/C=C\C/C=C\C/C=C\CCCCCCCCCCCCCCCCCCCCC(=O)NC(COC1OC(CO)C(O)C(O)C1O)C(O)/C=C/CC/C=C/CCCCCCCCCCCCCCCCCCCCCCCCCCCC. The van der Waals surface area contributed by atoms with Gasteiger partial charge >= 0.3 is 0 Å². The van der Waals surface area contributed by atoms with Gasteiger partial charge in [-0.1, -0.05) is 350 Å². The first-order chi connectivity index (χ1) is 42.3. The van der Waals surface area contributed by atoms with Gasteiger partial charge in [-0.15, -0.1) is 0 Å². The van der Waals surface area contributed by atoms with Crippen molar-refractivity contribution >= 4 is 5.91 Å². The van der Waals surface area contributed by atoms with E-state index in [1.165, 1.54) is 270 Å². The molecule has 0 aromatic rings. The van der Waals surface area contributed by atoms with Gasteiger partial charge in [0.25, 0.3) is 0 Å². The number of rotatable bonds is 65. The fourth-order valence-corrected chi connectivity index (χ4v) is 11.8. The second-order valence-corrected chi connectivity index (χ2v) is 25.7. The molecule has 1 aliphatic heterocycles. The zero-order valence-corrected chi connectivity index (χ0v) is 56.3. The molecule has 86 heavy (non-hydrogen) atoms. The fraction of sp³-hybridized carbons (Fsp3) is 0.831. The first-order valence-corrected chi connectivity index (χ1v) is 37.2. The minimum atomic E-state index is -1.58. The predicted molar refractivity (Wildman–Crippen MR) is 369 cm³/mol. The number of hydrogen-bond acceptors (Lipinski definition) is 8. The Morgan fingerprint density at radius 2 is 0.733 bits per heavy atom. The monoisotopic (exact) mass is 1210 g/mol. The molecule has 0 aliphatic carbocycles. The first-order valence-electron chi connectivity index (χ1n) is 37.2. The number of ether oxygens (including phenoxy) is 2. The molecule has 0 aromatic heterocycles. The Bertz CT molecular complexity index is 1590. The lowest BCUT2D eigenvalue weighted by Gasteiger charge is -2.40. The van der Waals surface area contributed by atoms with Gasteiger partial charge < -0.3 is 40.3 Å². The molecule has 0 radical (unpaired) electrons. The topological polar surface area (TPSA) is 149 Å². The van der Waals surface area contributed by atoms with E-state index in [1.54, 1.807) is 6.08 Å². The largest absolute Gasteiger partial charge is 0.394 e. The summed E-state index contributed by atoms with van der Waals surface area (Å²) in [5, 5.41) is 54.8. The maximum atomic E-state index is 13.1. The summed E-state index contributed by atoms with van der Waals surface area (Å²) in [5.41, 5.74) is 0. The van der Waals surface area contributed by atoms with Gasteiger partial charge in [0.05, 0.1) is 25.4 Å². The Balaban J connectivity index is 2.12. The number of hydrogen-bond donors (Lipinski definition) is 6. The van der Waals surface area contributed by atoms with Crippen molar-refractivity contribution in [2.45, 2.75) is 397 Å². The van der Waals surface area contributed by atoms with Crippen LogP contribution in [-0.2, 0) is 14.3 Å². The number of nitrogens with one attached hydrogen (secondary N) is 1. The highest BCUT2D eigenvalue weighted by atomic mass is 16.7. The Morgan fingerprint density at radius 1 is 0.407 bits per heavy atom. The number of unbranched alkanes of at least 4 members (excludes halogenated alkanes) is 45. The molecular formula is C77H141NO8. The Kier molecular flexibility index (Phi) is 62.3. The van der Waals surface area contributed by atoms with Gasteiger partial charge in [-0.25, -0.2) is 0 Å². The van der Waals surface area contributed by atoms with Gasteiger partial charge in [0.15, 0.2) is 6.29 Å². The highest BCUT2D eigenvalue weighted by Gasteiger charge is 2.44. The Labute approximate surface area is 531 Å². The van der Waals surface area contributed by atoms with Gasteiger partial charge in [-0.05, 0) is 70.6 Å². The van der Waals surface area contributed by atoms with Gasteiger partial charge in [0, 0.05) is 6.42 Å². The van der Waals surface area contributed by atoms with E-state index in [0.29, 0.717) is 6.42 Å². The summed E-state index contributed by atoms with van der Waals surface area (Å²) in [6.07, 6.45) is 86.0. The van der Waals surface area contributed by atoms with E-state index < -0.39 is 49.5 Å². The van der Waals surface area contributed by atoms with Crippen molar-refractivity contribution in [2.75, 3.05) is 13.2 Å². The van der Waals surface area contributed by atoms with E-state index in [4.69, 9.17) is 9.47 Å². The van der Waals surface area contributed by atoms with Crippen molar-refractivity contribution in [3.63, 3.8) is 0 Å². The normalized spacial score (nSPS) is 18.4. The number of allylic oxidation sites excluding steroid dienone is 11. The lowest BCUT2D eigenvalue weighted by molar-refractivity contribution is -0.302. The van der Waals surface area contributed by atoms with E-state index in [1.807, 2.05) is 6.08 Å². The van der Waals surface area contributed by atoms with E-state index in [2.05, 4.69) is 79.9 Å². The van der Waals surface area contributed by atoms with Crippen molar-refractivity contribution in [3.05, 3.63) is 72.9 Å². The molecule has 7 atom stereocenters. The van der Waals surface area contributed by atoms with E-state index in [0.717, 1.165) is 64.2 Å². The molecule has 0 spiro atoms. The molecule has 1 aliphatic rings. The van der Waals surface area contributed by atoms with Crippen LogP contribution in [0, 0.1) is 0 Å². The van der Waals surface area contributed by atoms with Crippen LogP contribution in [0.3, 0.4) is 0 Å². The van der Waals surface area contributed by atoms with E-state index in [9.17, 15) is 30.3 Å². The standard InChI is InChI=1S/C77H141NO8/c1-3-5-7-9-11-13-15-17-19-21-23-25-27-29-31-33-35-37-38-40-42-44-46-48-50-52-54-56-58-60-62-64-66-71(80)70(69-85-77-76(84)75(83)74(82)72(68-79)86-77)78-73(81)67-65-63-61-59-57-55-53-51-49-47-45-43-41-39-36-34-32-30-28-26-24-22-20-18-16-14-12-10-8-6-4-2/h6,8,12,14,18,20,24,26,56,58,64,66,70-72,74-77,79-80,82-84H,3-5,7,9-11,13,15-17,19,21-23,25,27-55,57,59-63,65,67-69H2,1-2H3,(H,78,81)/b8-6-,14-12-,20-18-,26-24-,58-56+,66-64+. The second kappa shape index (κ2) is 65.6. The van der Waals surface area contributed by atoms with Gasteiger partial charge in [-0.2, -0.15) is 0 Å². The van der Waals surface area contributed by atoms with Crippen LogP contribution in [0.2, 0.25) is 0 Å². The predicted octanol–water partition coefficient (Wildman–Crippen LogP) is 20.7. The molecule has 1 fully saturated rings. The zero-order chi connectivity index (χ0) is 62.1. The Morgan fingerprint density at radius 3 is 1.12 bits per heavy atom. The molecule has 1 saturated heterocycles. The molecule has 0 aromatic carbocycles. The summed E-state index contributed by atoms with van der Waals surface area (Å²) in [6, 6.07) is -0.826. The van der Waals surface area contributed by atoms with Crippen LogP contribution < -0.4 is 5.32 Å². The van der Waals surface area contributed by atoms with Crippen LogP contribution in [0.1, 0.15) is 354 Å². The summed E-state index contributed by atoms with van der Waals surface area (Å²) < 4.78 is 11.3. The second-order valence-electron chi connectivity index (χ2n) is 25.7. The highest BCUT2D eigenvalue weighted by Crippen LogP contribution is 2.23. The number of aliphatic hydroxyl groups excluding tert-OH is 5. The van der Waals surface area contributed by atoms with Crippen LogP contribution >= 0.6 is 0 Å². The summed E-state index contributed by atoms with van der Waals surface area (Å²) in [4.78, 5) is 13.1. The quantitative estimate of drug-likeness (QED) is 0.0261. The van der Waals surface area contributed by atoms with Crippen LogP contribution in [0.25, 0.3) is 0 Å². The van der Waals surface area contributed by atoms with Gasteiger partial charge in [0.1, 0.15) is 24.4 Å². The van der Waals surface area contributed by atoms with Crippen LogP contribution in [0.5, 0.6) is 0 Å². The molecule has 0 saturated carbocycles. The molecule has 9 heteroatoms. The molecule has 7 unspecified atom stereocenters.